The van der Waals surface area contributed by atoms with Gasteiger partial charge in [0.2, 0.25) is 5.91 Å². The smallest absolute Gasteiger partial charge is 0.274 e. The van der Waals surface area contributed by atoms with E-state index < -0.39 is 11.4 Å². The lowest BCUT2D eigenvalue weighted by atomic mass is 9.96. The summed E-state index contributed by atoms with van der Waals surface area (Å²) in [5.41, 5.74) is 2.50. The molecule has 1 aliphatic heterocycles. The number of carbonyl (C=O) groups is 1. The van der Waals surface area contributed by atoms with Crippen molar-refractivity contribution in [3.05, 3.63) is 99.1 Å². The fourth-order valence-corrected chi connectivity index (χ4v) is 5.88. The lowest BCUT2D eigenvalue weighted by Gasteiger charge is -2.37. The van der Waals surface area contributed by atoms with Crippen LogP contribution in [0.3, 0.4) is 0 Å². The van der Waals surface area contributed by atoms with Crippen LogP contribution in [0.15, 0.2) is 60.0 Å². The Balaban J connectivity index is 1.91. The van der Waals surface area contributed by atoms with Gasteiger partial charge in [0.05, 0.1) is 34.4 Å². The third kappa shape index (κ3) is 5.28. The van der Waals surface area contributed by atoms with Crippen LogP contribution in [0.1, 0.15) is 50.8 Å². The summed E-state index contributed by atoms with van der Waals surface area (Å²) in [5.74, 6) is -0.718. The number of piperazine rings is 1. The number of hydrogen-bond acceptors (Lipinski definition) is 5. The van der Waals surface area contributed by atoms with Crippen LogP contribution in [0.2, 0.25) is 5.02 Å². The minimum Gasteiger partial charge on any atom is -0.376 e. The second-order valence-corrected chi connectivity index (χ2v) is 11.5. The van der Waals surface area contributed by atoms with Crippen molar-refractivity contribution in [3.8, 4) is 16.9 Å². The summed E-state index contributed by atoms with van der Waals surface area (Å²) in [7, 11) is 0. The molecule has 5 rings (SSSR count). The lowest BCUT2D eigenvalue weighted by Crippen LogP contribution is -2.48. The van der Waals surface area contributed by atoms with E-state index in [0.717, 1.165) is 5.56 Å². The molecular formula is C33H32ClFN6O2. The molecule has 220 valence electrons. The van der Waals surface area contributed by atoms with Crippen molar-refractivity contribution >= 4 is 39.9 Å². The Morgan fingerprint density at radius 3 is 2.40 bits per heavy atom. The summed E-state index contributed by atoms with van der Waals surface area (Å²) in [4.78, 5) is 43.6. The number of benzene rings is 1. The van der Waals surface area contributed by atoms with Gasteiger partial charge in [-0.05, 0) is 47.7 Å². The number of fused-ring (bicyclic) bond motifs is 1. The predicted molar refractivity (Wildman–Crippen MR) is 169 cm³/mol. The highest BCUT2D eigenvalue weighted by Gasteiger charge is 2.30. The zero-order valence-corrected chi connectivity index (χ0v) is 25.3. The minimum absolute atomic E-state index is 0.0160. The molecule has 0 spiro atoms. The van der Waals surface area contributed by atoms with E-state index in [9.17, 15) is 9.59 Å². The maximum Gasteiger partial charge on any atom is 0.274 e. The van der Waals surface area contributed by atoms with Gasteiger partial charge < -0.3 is 9.80 Å². The molecular weight excluding hydrogens is 567 g/mol. The zero-order valence-electron chi connectivity index (χ0n) is 24.6. The van der Waals surface area contributed by atoms with Gasteiger partial charge in [0.1, 0.15) is 11.5 Å². The molecule has 1 fully saturated rings. The van der Waals surface area contributed by atoms with E-state index in [2.05, 4.69) is 16.4 Å². The summed E-state index contributed by atoms with van der Waals surface area (Å²) in [6.07, 6.45) is 3.00. The maximum atomic E-state index is 15.1. The quantitative estimate of drug-likeness (QED) is 0.179. The molecule has 0 unspecified atom stereocenters. The van der Waals surface area contributed by atoms with Gasteiger partial charge in [-0.2, -0.15) is 0 Å². The highest BCUT2D eigenvalue weighted by Crippen LogP contribution is 2.41. The standard InChI is InChI=1S/C33H32ClFN6O2/c1-7-26(42)39-14-16-40(17-15-39)30-23-18-24(34)28(22-10-8-9-11-25(22)35)38-32(23)41(33(43)29(30)36-6)31-21(19(2)3)12-13-37-27(31)20(4)5/h7-13,18-20H,1,14-17H2,2-5H3. The topological polar surface area (TPSA) is 75.7 Å². The van der Waals surface area contributed by atoms with E-state index in [0.29, 0.717) is 48.6 Å². The van der Waals surface area contributed by atoms with E-state index in [1.54, 1.807) is 35.4 Å². The molecule has 1 saturated heterocycles. The molecule has 1 amide bonds. The normalized spacial score (nSPS) is 13.6. The average molecular weight is 599 g/mol. The largest absolute Gasteiger partial charge is 0.376 e. The van der Waals surface area contributed by atoms with E-state index in [1.807, 2.05) is 38.7 Å². The van der Waals surface area contributed by atoms with E-state index in [4.69, 9.17) is 23.2 Å². The van der Waals surface area contributed by atoms with Crippen LogP contribution < -0.4 is 10.5 Å². The van der Waals surface area contributed by atoms with Crippen LogP contribution in [0.4, 0.5) is 15.8 Å². The van der Waals surface area contributed by atoms with Gasteiger partial charge in [-0.25, -0.2) is 14.2 Å². The van der Waals surface area contributed by atoms with E-state index in [1.165, 1.54) is 16.7 Å². The van der Waals surface area contributed by atoms with Crippen LogP contribution in [0.5, 0.6) is 0 Å². The Morgan fingerprint density at radius 1 is 1.09 bits per heavy atom. The number of anilines is 1. The molecule has 0 saturated carbocycles. The fourth-order valence-electron chi connectivity index (χ4n) is 5.62. The number of amides is 1. The molecule has 0 aliphatic carbocycles. The van der Waals surface area contributed by atoms with Crippen molar-refractivity contribution in [2.75, 3.05) is 31.1 Å². The molecule has 4 heterocycles. The van der Waals surface area contributed by atoms with Crippen molar-refractivity contribution in [2.45, 2.75) is 39.5 Å². The van der Waals surface area contributed by atoms with E-state index in [-0.39, 0.29) is 45.4 Å². The zero-order chi connectivity index (χ0) is 31.0. The first-order chi connectivity index (χ1) is 20.6. The Kier molecular flexibility index (Phi) is 8.34. The molecule has 1 aromatic carbocycles. The number of pyridine rings is 3. The van der Waals surface area contributed by atoms with Crippen LogP contribution >= 0.6 is 11.6 Å². The highest BCUT2D eigenvalue weighted by molar-refractivity contribution is 6.34. The Morgan fingerprint density at radius 2 is 1.79 bits per heavy atom. The van der Waals surface area contributed by atoms with Crippen molar-refractivity contribution in [3.63, 3.8) is 0 Å². The van der Waals surface area contributed by atoms with Crippen LogP contribution in [-0.4, -0.2) is 51.5 Å². The molecule has 8 nitrogen and oxygen atoms in total. The van der Waals surface area contributed by atoms with Crippen molar-refractivity contribution in [1.82, 2.24) is 19.4 Å². The second-order valence-electron chi connectivity index (χ2n) is 11.1. The van der Waals surface area contributed by atoms with Crippen LogP contribution in [0.25, 0.3) is 32.8 Å². The van der Waals surface area contributed by atoms with E-state index >= 15 is 4.39 Å². The Labute approximate surface area is 254 Å². The summed E-state index contributed by atoms with van der Waals surface area (Å²) in [5, 5.41) is 0.659. The highest BCUT2D eigenvalue weighted by atomic mass is 35.5. The molecule has 4 aromatic rings. The lowest BCUT2D eigenvalue weighted by molar-refractivity contribution is -0.126. The predicted octanol–water partition coefficient (Wildman–Crippen LogP) is 6.87. The molecule has 10 heteroatoms. The molecule has 43 heavy (non-hydrogen) atoms. The molecule has 1 aliphatic rings. The van der Waals surface area contributed by atoms with Gasteiger partial charge in [-0.15, -0.1) is 0 Å². The number of halogens is 2. The number of nitrogens with zero attached hydrogens (tertiary/aromatic N) is 6. The second kappa shape index (κ2) is 12.0. The minimum atomic E-state index is -0.548. The Bertz CT molecular complexity index is 1830. The van der Waals surface area contributed by atoms with Crippen molar-refractivity contribution in [1.29, 1.82) is 0 Å². The SMILES string of the molecule is [C-]#[N+]c1c(N2CCN(C(=O)C=C)CC2)c2cc(Cl)c(-c3ccccc3F)nc2n(-c2c(C(C)C)ccnc2C(C)C)c1=O. The first kappa shape index (κ1) is 29.9. The summed E-state index contributed by atoms with van der Waals surface area (Å²) in [6, 6.07) is 9.73. The van der Waals surface area contributed by atoms with Gasteiger partial charge in [0.25, 0.3) is 11.2 Å². The molecule has 3 aromatic heterocycles. The average Bonchev–Trinajstić information content (AvgIpc) is 3.00. The number of hydrogen-bond donors (Lipinski definition) is 0. The summed E-state index contributed by atoms with van der Waals surface area (Å²) >= 11 is 6.81. The van der Waals surface area contributed by atoms with Gasteiger partial charge in [-0.1, -0.05) is 58.0 Å². The first-order valence-electron chi connectivity index (χ1n) is 14.2. The maximum absolute atomic E-state index is 15.1. The van der Waals surface area contributed by atoms with Crippen LogP contribution in [0, 0.1) is 12.4 Å². The number of carbonyl (C=O) groups excluding carboxylic acids is 1. The van der Waals surface area contributed by atoms with Gasteiger partial charge in [-0.3, -0.25) is 19.1 Å². The fraction of sp³-hybridized carbons (Fsp3) is 0.303. The Hall–Kier alpha value is -4.55. The first-order valence-corrected chi connectivity index (χ1v) is 14.5. The molecule has 0 atom stereocenters. The number of aromatic nitrogens is 3. The summed E-state index contributed by atoms with van der Waals surface area (Å²) < 4.78 is 16.5. The number of rotatable bonds is 6. The van der Waals surface area contributed by atoms with Crippen molar-refractivity contribution in [2.24, 2.45) is 0 Å². The third-order valence-corrected chi connectivity index (χ3v) is 8.04. The van der Waals surface area contributed by atoms with Gasteiger partial charge in [0.15, 0.2) is 0 Å². The van der Waals surface area contributed by atoms with Crippen molar-refractivity contribution < 1.29 is 9.18 Å². The third-order valence-electron chi connectivity index (χ3n) is 7.75. The van der Waals surface area contributed by atoms with Gasteiger partial charge >= 0.3 is 0 Å². The molecule has 0 N–H and O–H groups in total. The summed E-state index contributed by atoms with van der Waals surface area (Å²) in [6.45, 7) is 21.3. The monoisotopic (exact) mass is 598 g/mol. The van der Waals surface area contributed by atoms with Gasteiger partial charge in [0, 0.05) is 43.3 Å². The molecule has 0 radical (unpaired) electrons. The molecule has 0 bridgehead atoms. The van der Waals surface area contributed by atoms with Crippen LogP contribution in [-0.2, 0) is 4.79 Å².